The van der Waals surface area contributed by atoms with E-state index in [-0.39, 0.29) is 5.91 Å². The van der Waals surface area contributed by atoms with Gasteiger partial charge in [-0.05, 0) is 6.92 Å². The van der Waals surface area contributed by atoms with Gasteiger partial charge in [-0.15, -0.1) is 0 Å². The second kappa shape index (κ2) is 4.55. The van der Waals surface area contributed by atoms with Crippen LogP contribution in [0.4, 0.5) is 0 Å². The van der Waals surface area contributed by atoms with E-state index in [1.165, 1.54) is 6.42 Å². The topological polar surface area (TPSA) is 32.8 Å². The SMILES string of the molecule is C=C(CN1CC2CC(C1)O2)C(=O)N(C)CC. The zero-order valence-corrected chi connectivity index (χ0v) is 10.1. The summed E-state index contributed by atoms with van der Waals surface area (Å²) < 4.78 is 5.55. The Balaban J connectivity index is 1.81. The fraction of sp³-hybridized carbons (Fsp3) is 0.750. The summed E-state index contributed by atoms with van der Waals surface area (Å²) in [6.07, 6.45) is 1.97. The Hall–Kier alpha value is -0.870. The van der Waals surface area contributed by atoms with Gasteiger partial charge in [0.25, 0.3) is 0 Å². The molecule has 0 aliphatic carbocycles. The van der Waals surface area contributed by atoms with Gasteiger partial charge in [0.15, 0.2) is 0 Å². The van der Waals surface area contributed by atoms with Crippen LogP contribution in [0.2, 0.25) is 0 Å². The third-order valence-corrected chi connectivity index (χ3v) is 3.37. The van der Waals surface area contributed by atoms with Crippen molar-refractivity contribution < 1.29 is 9.53 Å². The standard InChI is InChI=1S/C12H20N2O2/c1-4-13(3)12(15)9(2)6-14-7-10-5-11(8-14)16-10/h10-11H,2,4-8H2,1,3H3. The molecule has 3 heterocycles. The molecule has 2 unspecified atom stereocenters. The van der Waals surface area contributed by atoms with Crippen molar-refractivity contribution in [2.45, 2.75) is 25.6 Å². The largest absolute Gasteiger partial charge is 0.372 e. The average molecular weight is 224 g/mol. The predicted molar refractivity (Wildman–Crippen MR) is 62.2 cm³/mol. The number of hydrogen-bond acceptors (Lipinski definition) is 3. The molecular formula is C12H20N2O2. The number of fused-ring (bicyclic) bond motifs is 2. The average Bonchev–Trinajstić information content (AvgIpc) is 2.26. The van der Waals surface area contributed by atoms with E-state index in [1.807, 2.05) is 14.0 Å². The van der Waals surface area contributed by atoms with Crippen LogP contribution in [-0.4, -0.2) is 61.1 Å². The number of likely N-dealkylation sites (N-methyl/N-ethyl adjacent to an activating group) is 1. The molecule has 0 N–H and O–H groups in total. The quantitative estimate of drug-likeness (QED) is 0.652. The van der Waals surface area contributed by atoms with Gasteiger partial charge in [-0.25, -0.2) is 0 Å². The number of rotatable bonds is 4. The first-order valence-electron chi connectivity index (χ1n) is 5.91. The summed E-state index contributed by atoms with van der Waals surface area (Å²) in [5.74, 6) is 0.0580. The molecule has 16 heavy (non-hydrogen) atoms. The molecule has 3 aliphatic heterocycles. The van der Waals surface area contributed by atoms with Crippen LogP contribution in [0, 0.1) is 0 Å². The van der Waals surface area contributed by atoms with Crippen molar-refractivity contribution in [1.29, 1.82) is 0 Å². The summed E-state index contributed by atoms with van der Waals surface area (Å²) in [7, 11) is 1.81. The van der Waals surface area contributed by atoms with Gasteiger partial charge in [0.1, 0.15) is 0 Å². The maximum absolute atomic E-state index is 11.8. The van der Waals surface area contributed by atoms with Crippen molar-refractivity contribution in [2.75, 3.05) is 33.2 Å². The van der Waals surface area contributed by atoms with Crippen molar-refractivity contribution in [2.24, 2.45) is 0 Å². The molecule has 3 rings (SSSR count). The van der Waals surface area contributed by atoms with Crippen LogP contribution in [0.15, 0.2) is 12.2 Å². The number of nitrogens with zero attached hydrogens (tertiary/aromatic N) is 2. The third-order valence-electron chi connectivity index (χ3n) is 3.37. The lowest BCUT2D eigenvalue weighted by Crippen LogP contribution is -2.57. The van der Waals surface area contributed by atoms with Gasteiger partial charge >= 0.3 is 0 Å². The molecule has 0 aromatic heterocycles. The van der Waals surface area contributed by atoms with E-state index in [1.54, 1.807) is 4.90 Å². The van der Waals surface area contributed by atoms with Crippen molar-refractivity contribution >= 4 is 5.91 Å². The molecule has 0 saturated carbocycles. The van der Waals surface area contributed by atoms with E-state index in [2.05, 4.69) is 11.5 Å². The lowest BCUT2D eigenvalue weighted by atomic mass is 9.98. The molecular weight excluding hydrogens is 204 g/mol. The maximum Gasteiger partial charge on any atom is 0.250 e. The summed E-state index contributed by atoms with van der Waals surface area (Å²) in [5.41, 5.74) is 0.686. The second-order valence-corrected chi connectivity index (χ2v) is 4.73. The number of amides is 1. The zero-order valence-electron chi connectivity index (χ0n) is 10.1. The highest BCUT2D eigenvalue weighted by molar-refractivity contribution is 5.93. The van der Waals surface area contributed by atoms with E-state index >= 15 is 0 Å². The van der Waals surface area contributed by atoms with Crippen LogP contribution in [0.1, 0.15) is 13.3 Å². The zero-order chi connectivity index (χ0) is 11.7. The molecule has 3 saturated heterocycles. The molecule has 3 aliphatic rings. The van der Waals surface area contributed by atoms with Gasteiger partial charge in [-0.1, -0.05) is 6.58 Å². The first kappa shape index (κ1) is 11.6. The fourth-order valence-electron chi connectivity index (χ4n) is 2.32. The van der Waals surface area contributed by atoms with Crippen LogP contribution >= 0.6 is 0 Å². The molecule has 2 bridgehead atoms. The van der Waals surface area contributed by atoms with Crippen molar-refractivity contribution in [1.82, 2.24) is 9.80 Å². The Bertz CT molecular complexity index is 287. The summed E-state index contributed by atoms with van der Waals surface area (Å²) in [4.78, 5) is 15.8. The lowest BCUT2D eigenvalue weighted by Gasteiger charge is -2.47. The van der Waals surface area contributed by atoms with Crippen LogP contribution in [0.3, 0.4) is 0 Å². The number of carbonyl (C=O) groups excluding carboxylic acids is 1. The normalized spacial score (nSPS) is 28.4. The Morgan fingerprint density at radius 1 is 1.50 bits per heavy atom. The second-order valence-electron chi connectivity index (χ2n) is 4.73. The minimum absolute atomic E-state index is 0.0580. The van der Waals surface area contributed by atoms with Crippen LogP contribution < -0.4 is 0 Å². The monoisotopic (exact) mass is 224 g/mol. The van der Waals surface area contributed by atoms with Crippen molar-refractivity contribution in [3.63, 3.8) is 0 Å². The Morgan fingerprint density at radius 3 is 2.56 bits per heavy atom. The molecule has 4 nitrogen and oxygen atoms in total. The highest BCUT2D eigenvalue weighted by Gasteiger charge is 2.38. The molecule has 90 valence electrons. The predicted octanol–water partition coefficient (Wildman–Crippen LogP) is 0.494. The minimum Gasteiger partial charge on any atom is -0.372 e. The summed E-state index contributed by atoms with van der Waals surface area (Å²) >= 11 is 0. The fourth-order valence-corrected chi connectivity index (χ4v) is 2.32. The molecule has 2 atom stereocenters. The number of piperidine rings is 1. The van der Waals surface area contributed by atoms with Gasteiger partial charge in [-0.3, -0.25) is 9.69 Å². The number of hydrogen-bond donors (Lipinski definition) is 0. The summed E-state index contributed by atoms with van der Waals surface area (Å²) in [6, 6.07) is 0. The lowest BCUT2D eigenvalue weighted by molar-refractivity contribution is -0.179. The van der Waals surface area contributed by atoms with E-state index < -0.39 is 0 Å². The minimum atomic E-state index is 0.0580. The Morgan fingerprint density at radius 2 is 2.06 bits per heavy atom. The highest BCUT2D eigenvalue weighted by Crippen LogP contribution is 2.28. The number of carbonyl (C=O) groups is 1. The summed E-state index contributed by atoms with van der Waals surface area (Å²) in [6.45, 7) is 9.15. The molecule has 0 aromatic carbocycles. The van der Waals surface area contributed by atoms with Crippen molar-refractivity contribution in [3.05, 3.63) is 12.2 Å². The van der Waals surface area contributed by atoms with E-state index in [0.717, 1.165) is 19.6 Å². The molecule has 1 amide bonds. The van der Waals surface area contributed by atoms with Gasteiger partial charge in [0, 0.05) is 45.2 Å². The first-order valence-corrected chi connectivity index (χ1v) is 5.91. The molecule has 3 fully saturated rings. The molecule has 4 heteroatoms. The Labute approximate surface area is 96.8 Å². The number of morpholine rings is 1. The van der Waals surface area contributed by atoms with Crippen molar-refractivity contribution in [3.8, 4) is 0 Å². The van der Waals surface area contributed by atoms with Gasteiger partial charge in [-0.2, -0.15) is 0 Å². The molecule has 0 radical (unpaired) electrons. The highest BCUT2D eigenvalue weighted by atomic mass is 16.5. The number of ether oxygens (including phenoxy) is 1. The molecule has 0 aromatic rings. The van der Waals surface area contributed by atoms with Gasteiger partial charge in [0.2, 0.25) is 5.91 Å². The Kier molecular flexibility index (Phi) is 3.30. The maximum atomic E-state index is 11.8. The van der Waals surface area contributed by atoms with E-state index in [9.17, 15) is 4.79 Å². The van der Waals surface area contributed by atoms with Crippen LogP contribution in [0.5, 0.6) is 0 Å². The molecule has 0 spiro atoms. The van der Waals surface area contributed by atoms with E-state index in [0.29, 0.717) is 24.3 Å². The van der Waals surface area contributed by atoms with Crippen LogP contribution in [-0.2, 0) is 9.53 Å². The van der Waals surface area contributed by atoms with Gasteiger partial charge in [0.05, 0.1) is 12.2 Å². The van der Waals surface area contributed by atoms with Gasteiger partial charge < -0.3 is 9.64 Å². The van der Waals surface area contributed by atoms with E-state index in [4.69, 9.17) is 4.74 Å². The smallest absolute Gasteiger partial charge is 0.250 e. The first-order chi connectivity index (χ1) is 7.60. The third kappa shape index (κ3) is 2.28. The van der Waals surface area contributed by atoms with Crippen LogP contribution in [0.25, 0.3) is 0 Å². The summed E-state index contributed by atoms with van der Waals surface area (Å²) in [5, 5.41) is 0.